The molecule has 2 aliphatic heterocycles. The molecule has 6 heteroatoms. The van der Waals surface area contributed by atoms with Crippen molar-refractivity contribution in [2.75, 3.05) is 46.6 Å². The van der Waals surface area contributed by atoms with Crippen molar-refractivity contribution in [2.24, 2.45) is 0 Å². The van der Waals surface area contributed by atoms with Crippen LogP contribution in [-0.4, -0.2) is 67.5 Å². The lowest BCUT2D eigenvalue weighted by Gasteiger charge is -2.41. The van der Waals surface area contributed by atoms with E-state index < -0.39 is 0 Å². The van der Waals surface area contributed by atoms with Gasteiger partial charge >= 0.3 is 0 Å². The summed E-state index contributed by atoms with van der Waals surface area (Å²) in [5.41, 5.74) is 2.48. The standard InChI is InChI=1S/C23H30N2O4/c1-27-21-4-2-3-18(13-21)16-25-9-8-24(17-20(25)7-10-26)15-19-5-6-22-23(14-19)29-12-11-28-22/h2-6,13-14,20,26H,7-12,15-17H2,1H3/t20-/m0/s1. The molecule has 156 valence electrons. The number of ether oxygens (including phenoxy) is 3. The van der Waals surface area contributed by atoms with E-state index in [0.29, 0.717) is 19.3 Å². The number of piperazine rings is 1. The summed E-state index contributed by atoms with van der Waals surface area (Å²) in [7, 11) is 1.70. The van der Waals surface area contributed by atoms with Crippen LogP contribution in [-0.2, 0) is 13.1 Å². The summed E-state index contributed by atoms with van der Waals surface area (Å²) in [6.45, 7) is 6.11. The number of benzene rings is 2. The number of nitrogens with zero attached hydrogens (tertiary/aromatic N) is 2. The number of aliphatic hydroxyl groups excluding tert-OH is 1. The number of fused-ring (bicyclic) bond motifs is 1. The molecule has 2 aromatic carbocycles. The summed E-state index contributed by atoms with van der Waals surface area (Å²) >= 11 is 0. The lowest BCUT2D eigenvalue weighted by Crippen LogP contribution is -2.52. The fraction of sp³-hybridized carbons (Fsp3) is 0.478. The fourth-order valence-electron chi connectivity index (χ4n) is 4.18. The monoisotopic (exact) mass is 398 g/mol. The average molecular weight is 399 g/mol. The van der Waals surface area contributed by atoms with Gasteiger partial charge in [0.25, 0.3) is 0 Å². The lowest BCUT2D eigenvalue weighted by atomic mass is 10.1. The Bertz CT molecular complexity index is 813. The molecule has 1 saturated heterocycles. The van der Waals surface area contributed by atoms with E-state index in [0.717, 1.165) is 56.4 Å². The molecule has 4 rings (SSSR count). The normalized spacial score (nSPS) is 19.9. The molecule has 2 aliphatic rings. The zero-order valence-electron chi connectivity index (χ0n) is 17.0. The Morgan fingerprint density at radius 2 is 1.83 bits per heavy atom. The van der Waals surface area contributed by atoms with Crippen molar-refractivity contribution in [1.82, 2.24) is 9.80 Å². The van der Waals surface area contributed by atoms with Gasteiger partial charge in [-0.1, -0.05) is 18.2 Å². The van der Waals surface area contributed by atoms with Crippen LogP contribution >= 0.6 is 0 Å². The van der Waals surface area contributed by atoms with Gasteiger partial charge in [0.1, 0.15) is 19.0 Å². The molecule has 1 atom stereocenters. The average Bonchev–Trinajstić information content (AvgIpc) is 2.76. The molecule has 2 aromatic rings. The summed E-state index contributed by atoms with van der Waals surface area (Å²) in [5.74, 6) is 2.57. The highest BCUT2D eigenvalue weighted by Gasteiger charge is 2.27. The molecule has 0 unspecified atom stereocenters. The third-order valence-corrected chi connectivity index (χ3v) is 5.68. The third-order valence-electron chi connectivity index (χ3n) is 5.68. The van der Waals surface area contributed by atoms with Gasteiger partial charge in [-0.15, -0.1) is 0 Å². The topological polar surface area (TPSA) is 54.4 Å². The second-order valence-electron chi connectivity index (χ2n) is 7.70. The molecule has 29 heavy (non-hydrogen) atoms. The smallest absolute Gasteiger partial charge is 0.161 e. The van der Waals surface area contributed by atoms with E-state index >= 15 is 0 Å². The summed E-state index contributed by atoms with van der Waals surface area (Å²) in [6, 6.07) is 14.8. The Morgan fingerprint density at radius 3 is 2.66 bits per heavy atom. The summed E-state index contributed by atoms with van der Waals surface area (Å²) in [6.07, 6.45) is 0.779. The van der Waals surface area contributed by atoms with E-state index in [1.807, 2.05) is 18.2 Å². The maximum Gasteiger partial charge on any atom is 0.161 e. The van der Waals surface area contributed by atoms with Crippen LogP contribution in [0.15, 0.2) is 42.5 Å². The quantitative estimate of drug-likeness (QED) is 0.774. The zero-order valence-corrected chi connectivity index (χ0v) is 17.0. The Labute approximate surface area is 172 Å². The van der Waals surface area contributed by atoms with Crippen LogP contribution in [0, 0.1) is 0 Å². The molecule has 0 saturated carbocycles. The molecule has 0 radical (unpaired) electrons. The highest BCUT2D eigenvalue weighted by molar-refractivity contribution is 5.43. The van der Waals surface area contributed by atoms with Crippen molar-refractivity contribution in [3.05, 3.63) is 53.6 Å². The molecule has 0 bridgehead atoms. The molecule has 6 nitrogen and oxygen atoms in total. The number of rotatable bonds is 7. The van der Waals surface area contributed by atoms with Gasteiger partial charge in [0.15, 0.2) is 11.5 Å². The SMILES string of the molecule is COc1cccc(CN2CCN(Cc3ccc4c(c3)OCCO4)C[C@@H]2CCO)c1. The first-order chi connectivity index (χ1) is 14.2. The highest BCUT2D eigenvalue weighted by atomic mass is 16.6. The van der Waals surface area contributed by atoms with Gasteiger partial charge in [-0.25, -0.2) is 0 Å². The molecule has 2 heterocycles. The predicted octanol–water partition coefficient (Wildman–Crippen LogP) is 2.54. The Balaban J connectivity index is 1.39. The van der Waals surface area contributed by atoms with Crippen molar-refractivity contribution in [3.63, 3.8) is 0 Å². The minimum atomic E-state index is 0.205. The number of hydrogen-bond donors (Lipinski definition) is 1. The van der Waals surface area contributed by atoms with Crippen molar-refractivity contribution < 1.29 is 19.3 Å². The first-order valence-electron chi connectivity index (χ1n) is 10.3. The van der Waals surface area contributed by atoms with E-state index in [2.05, 4.69) is 34.1 Å². The Hall–Kier alpha value is -2.28. The van der Waals surface area contributed by atoms with Crippen LogP contribution in [0.3, 0.4) is 0 Å². The number of aliphatic hydroxyl groups is 1. The third kappa shape index (κ3) is 5.01. The molecule has 0 aliphatic carbocycles. The second kappa shape index (κ2) is 9.48. The van der Waals surface area contributed by atoms with E-state index in [4.69, 9.17) is 14.2 Å². The minimum absolute atomic E-state index is 0.205. The molecule has 0 aromatic heterocycles. The minimum Gasteiger partial charge on any atom is -0.497 e. The van der Waals surface area contributed by atoms with Gasteiger partial charge in [-0.2, -0.15) is 0 Å². The van der Waals surface area contributed by atoms with Crippen LogP contribution < -0.4 is 14.2 Å². The predicted molar refractivity (Wildman–Crippen MR) is 112 cm³/mol. The van der Waals surface area contributed by atoms with Gasteiger partial charge in [0, 0.05) is 45.4 Å². The zero-order chi connectivity index (χ0) is 20.1. The van der Waals surface area contributed by atoms with E-state index in [-0.39, 0.29) is 6.61 Å². The first-order valence-corrected chi connectivity index (χ1v) is 10.3. The van der Waals surface area contributed by atoms with Crippen LogP contribution in [0.5, 0.6) is 17.2 Å². The number of methoxy groups -OCH3 is 1. The van der Waals surface area contributed by atoms with Crippen molar-refractivity contribution in [1.29, 1.82) is 0 Å². The molecule has 0 amide bonds. The maximum atomic E-state index is 9.60. The Kier molecular flexibility index (Phi) is 6.54. The summed E-state index contributed by atoms with van der Waals surface area (Å²) < 4.78 is 16.7. The Morgan fingerprint density at radius 1 is 1.00 bits per heavy atom. The number of hydrogen-bond acceptors (Lipinski definition) is 6. The van der Waals surface area contributed by atoms with Crippen molar-refractivity contribution in [2.45, 2.75) is 25.6 Å². The van der Waals surface area contributed by atoms with Crippen LogP contribution in [0.2, 0.25) is 0 Å². The highest BCUT2D eigenvalue weighted by Crippen LogP contribution is 2.31. The largest absolute Gasteiger partial charge is 0.497 e. The van der Waals surface area contributed by atoms with Crippen molar-refractivity contribution in [3.8, 4) is 17.2 Å². The maximum absolute atomic E-state index is 9.60. The molecular formula is C23H30N2O4. The van der Waals surface area contributed by atoms with Gasteiger partial charge in [0.2, 0.25) is 0 Å². The molecule has 1 fully saturated rings. The lowest BCUT2D eigenvalue weighted by molar-refractivity contribution is 0.0498. The van der Waals surface area contributed by atoms with Gasteiger partial charge in [-0.3, -0.25) is 9.80 Å². The van der Waals surface area contributed by atoms with Crippen LogP contribution in [0.25, 0.3) is 0 Å². The van der Waals surface area contributed by atoms with Crippen LogP contribution in [0.4, 0.5) is 0 Å². The van der Waals surface area contributed by atoms with Gasteiger partial charge in [0.05, 0.1) is 7.11 Å². The summed E-state index contributed by atoms with van der Waals surface area (Å²) in [4.78, 5) is 4.94. The molecule has 1 N–H and O–H groups in total. The van der Waals surface area contributed by atoms with Gasteiger partial charge < -0.3 is 19.3 Å². The van der Waals surface area contributed by atoms with E-state index in [1.54, 1.807) is 7.11 Å². The van der Waals surface area contributed by atoms with E-state index in [9.17, 15) is 5.11 Å². The van der Waals surface area contributed by atoms with E-state index in [1.165, 1.54) is 11.1 Å². The van der Waals surface area contributed by atoms with Gasteiger partial charge in [-0.05, 0) is 41.8 Å². The molecule has 0 spiro atoms. The fourth-order valence-corrected chi connectivity index (χ4v) is 4.18. The van der Waals surface area contributed by atoms with Crippen molar-refractivity contribution >= 4 is 0 Å². The summed E-state index contributed by atoms with van der Waals surface area (Å²) in [5, 5.41) is 9.60. The second-order valence-corrected chi connectivity index (χ2v) is 7.70. The molecular weight excluding hydrogens is 368 g/mol. The first kappa shape index (κ1) is 20.0. The van der Waals surface area contributed by atoms with Crippen LogP contribution in [0.1, 0.15) is 17.5 Å².